The smallest absolute Gasteiger partial charge is 0.240 e. The molecular formula is C8H14N4O. The number of ether oxygens (including phenoxy) is 1. The van der Waals surface area contributed by atoms with Crippen LogP contribution in [-0.2, 0) is 0 Å². The maximum Gasteiger partial charge on any atom is 0.240 e. The molecule has 0 aromatic carbocycles. The Hall–Kier alpha value is -1.36. The summed E-state index contributed by atoms with van der Waals surface area (Å²) >= 11 is 0. The molecule has 0 fully saturated rings. The monoisotopic (exact) mass is 182 g/mol. The molecule has 0 aliphatic carbocycles. The van der Waals surface area contributed by atoms with Crippen molar-refractivity contribution in [3.63, 3.8) is 0 Å². The molecule has 1 aromatic rings. The van der Waals surface area contributed by atoms with Crippen LogP contribution in [-0.4, -0.2) is 42.1 Å². The van der Waals surface area contributed by atoms with Crippen molar-refractivity contribution in [3.8, 4) is 5.88 Å². The maximum atomic E-state index is 5.57. The summed E-state index contributed by atoms with van der Waals surface area (Å²) in [5.74, 6) is 0.455. The van der Waals surface area contributed by atoms with Crippen LogP contribution in [0, 0.1) is 0 Å². The average molecular weight is 182 g/mol. The SMILES string of the molecule is CN(C)CCOc1ncncc1N. The maximum absolute atomic E-state index is 5.57. The zero-order chi connectivity index (χ0) is 9.68. The number of hydrogen-bond donors (Lipinski definition) is 1. The second-order valence-electron chi connectivity index (χ2n) is 2.93. The molecule has 72 valence electrons. The Bertz CT molecular complexity index is 264. The molecule has 0 radical (unpaired) electrons. The number of likely N-dealkylation sites (N-methyl/N-ethyl adjacent to an activating group) is 1. The Morgan fingerprint density at radius 2 is 2.31 bits per heavy atom. The molecule has 1 heterocycles. The summed E-state index contributed by atoms with van der Waals surface area (Å²) in [4.78, 5) is 9.69. The molecule has 0 aliphatic heterocycles. The van der Waals surface area contributed by atoms with Gasteiger partial charge in [0, 0.05) is 6.54 Å². The molecular weight excluding hydrogens is 168 g/mol. The molecule has 1 aromatic heterocycles. The van der Waals surface area contributed by atoms with Crippen molar-refractivity contribution >= 4 is 5.69 Å². The molecule has 0 bridgehead atoms. The second kappa shape index (κ2) is 4.61. The Morgan fingerprint density at radius 3 is 2.92 bits per heavy atom. The molecule has 0 spiro atoms. The zero-order valence-corrected chi connectivity index (χ0v) is 7.90. The lowest BCUT2D eigenvalue weighted by Gasteiger charge is -2.10. The van der Waals surface area contributed by atoms with Gasteiger partial charge in [-0.1, -0.05) is 0 Å². The first-order chi connectivity index (χ1) is 6.20. The average Bonchev–Trinajstić information content (AvgIpc) is 2.08. The van der Waals surface area contributed by atoms with Crippen molar-refractivity contribution in [2.45, 2.75) is 0 Å². The largest absolute Gasteiger partial charge is 0.475 e. The summed E-state index contributed by atoms with van der Waals surface area (Å²) in [7, 11) is 3.96. The summed E-state index contributed by atoms with van der Waals surface area (Å²) in [6.07, 6.45) is 2.94. The Balaban J connectivity index is 2.41. The van der Waals surface area contributed by atoms with Gasteiger partial charge < -0.3 is 15.4 Å². The van der Waals surface area contributed by atoms with E-state index in [1.54, 1.807) is 0 Å². The van der Waals surface area contributed by atoms with Gasteiger partial charge in [-0.15, -0.1) is 0 Å². The van der Waals surface area contributed by atoms with Gasteiger partial charge in [0.15, 0.2) is 0 Å². The van der Waals surface area contributed by atoms with Gasteiger partial charge in [0.1, 0.15) is 18.6 Å². The lowest BCUT2D eigenvalue weighted by molar-refractivity contribution is 0.254. The predicted octanol–water partition coefficient (Wildman–Crippen LogP) is -0.000800. The van der Waals surface area contributed by atoms with E-state index in [0.717, 1.165) is 6.54 Å². The summed E-state index contributed by atoms with van der Waals surface area (Å²) in [5, 5.41) is 0. The Labute approximate surface area is 77.5 Å². The molecule has 5 nitrogen and oxygen atoms in total. The van der Waals surface area contributed by atoms with Crippen LogP contribution in [0.15, 0.2) is 12.5 Å². The highest BCUT2D eigenvalue weighted by atomic mass is 16.5. The number of anilines is 1. The molecule has 1 rings (SSSR count). The summed E-state index contributed by atoms with van der Waals surface area (Å²) in [6.45, 7) is 1.41. The predicted molar refractivity (Wildman–Crippen MR) is 50.5 cm³/mol. The fourth-order valence-electron chi connectivity index (χ4n) is 0.775. The van der Waals surface area contributed by atoms with E-state index in [2.05, 4.69) is 9.97 Å². The van der Waals surface area contributed by atoms with Gasteiger partial charge >= 0.3 is 0 Å². The van der Waals surface area contributed by atoms with E-state index in [0.29, 0.717) is 18.2 Å². The fourth-order valence-corrected chi connectivity index (χ4v) is 0.775. The minimum absolute atomic E-state index is 0.455. The third-order valence-corrected chi connectivity index (χ3v) is 1.48. The van der Waals surface area contributed by atoms with Crippen molar-refractivity contribution < 1.29 is 4.74 Å². The zero-order valence-electron chi connectivity index (χ0n) is 7.90. The molecule has 13 heavy (non-hydrogen) atoms. The third kappa shape index (κ3) is 3.25. The Kier molecular flexibility index (Phi) is 3.45. The van der Waals surface area contributed by atoms with E-state index >= 15 is 0 Å². The number of nitrogens with two attached hydrogens (primary N) is 1. The normalized spacial score (nSPS) is 10.4. The molecule has 0 saturated heterocycles. The van der Waals surface area contributed by atoms with Crippen molar-refractivity contribution in [3.05, 3.63) is 12.5 Å². The molecule has 0 saturated carbocycles. The standard InChI is InChI=1S/C8H14N4O/c1-12(2)3-4-13-8-7(9)5-10-6-11-8/h5-6H,3-4,9H2,1-2H3. The van der Waals surface area contributed by atoms with E-state index in [1.807, 2.05) is 19.0 Å². The van der Waals surface area contributed by atoms with E-state index in [1.165, 1.54) is 12.5 Å². The minimum atomic E-state index is 0.455. The first-order valence-corrected chi connectivity index (χ1v) is 4.03. The summed E-state index contributed by atoms with van der Waals surface area (Å²) < 4.78 is 5.33. The summed E-state index contributed by atoms with van der Waals surface area (Å²) in [6, 6.07) is 0. The molecule has 5 heteroatoms. The van der Waals surface area contributed by atoms with Gasteiger partial charge in [0.25, 0.3) is 0 Å². The van der Waals surface area contributed by atoms with E-state index in [-0.39, 0.29) is 0 Å². The molecule has 2 N–H and O–H groups in total. The molecule has 0 amide bonds. The van der Waals surface area contributed by atoms with E-state index in [9.17, 15) is 0 Å². The lowest BCUT2D eigenvalue weighted by atomic mass is 10.5. The highest BCUT2D eigenvalue weighted by Crippen LogP contribution is 2.13. The van der Waals surface area contributed by atoms with Gasteiger partial charge in [-0.2, -0.15) is 0 Å². The van der Waals surface area contributed by atoms with Crippen LogP contribution in [0.4, 0.5) is 5.69 Å². The van der Waals surface area contributed by atoms with Crippen molar-refractivity contribution in [1.82, 2.24) is 14.9 Å². The molecule has 0 unspecified atom stereocenters. The van der Waals surface area contributed by atoms with Crippen LogP contribution in [0.2, 0.25) is 0 Å². The van der Waals surface area contributed by atoms with Crippen LogP contribution >= 0.6 is 0 Å². The third-order valence-electron chi connectivity index (χ3n) is 1.48. The molecule has 0 aliphatic rings. The highest BCUT2D eigenvalue weighted by molar-refractivity contribution is 5.44. The fraction of sp³-hybridized carbons (Fsp3) is 0.500. The number of rotatable bonds is 4. The van der Waals surface area contributed by atoms with Crippen molar-refractivity contribution in [2.75, 3.05) is 33.0 Å². The summed E-state index contributed by atoms with van der Waals surface area (Å²) in [5.41, 5.74) is 6.05. The number of aromatic nitrogens is 2. The van der Waals surface area contributed by atoms with Gasteiger partial charge in [-0.3, -0.25) is 0 Å². The minimum Gasteiger partial charge on any atom is -0.475 e. The van der Waals surface area contributed by atoms with Gasteiger partial charge in [-0.05, 0) is 14.1 Å². The quantitative estimate of drug-likeness (QED) is 0.710. The van der Waals surface area contributed by atoms with Crippen molar-refractivity contribution in [2.24, 2.45) is 0 Å². The topological polar surface area (TPSA) is 64.3 Å². The first kappa shape index (κ1) is 9.73. The van der Waals surface area contributed by atoms with Crippen LogP contribution in [0.25, 0.3) is 0 Å². The Morgan fingerprint density at radius 1 is 1.54 bits per heavy atom. The first-order valence-electron chi connectivity index (χ1n) is 4.03. The van der Waals surface area contributed by atoms with E-state index < -0.39 is 0 Å². The van der Waals surface area contributed by atoms with Crippen LogP contribution in [0.1, 0.15) is 0 Å². The van der Waals surface area contributed by atoms with Crippen LogP contribution in [0.5, 0.6) is 5.88 Å². The van der Waals surface area contributed by atoms with Crippen LogP contribution < -0.4 is 10.5 Å². The van der Waals surface area contributed by atoms with E-state index in [4.69, 9.17) is 10.5 Å². The highest BCUT2D eigenvalue weighted by Gasteiger charge is 2.00. The number of hydrogen-bond acceptors (Lipinski definition) is 5. The van der Waals surface area contributed by atoms with Crippen molar-refractivity contribution in [1.29, 1.82) is 0 Å². The molecule has 0 atom stereocenters. The van der Waals surface area contributed by atoms with Gasteiger partial charge in [0.05, 0.1) is 6.20 Å². The number of nitrogens with zero attached hydrogens (tertiary/aromatic N) is 3. The van der Waals surface area contributed by atoms with Gasteiger partial charge in [-0.25, -0.2) is 9.97 Å². The second-order valence-corrected chi connectivity index (χ2v) is 2.93. The van der Waals surface area contributed by atoms with Crippen LogP contribution in [0.3, 0.4) is 0 Å². The van der Waals surface area contributed by atoms with Gasteiger partial charge in [0.2, 0.25) is 5.88 Å². The lowest BCUT2D eigenvalue weighted by Crippen LogP contribution is -2.20. The number of nitrogen functional groups attached to an aromatic ring is 1.